The van der Waals surface area contributed by atoms with Crippen molar-refractivity contribution < 1.29 is 4.79 Å². The number of benzene rings is 2. The van der Waals surface area contributed by atoms with Crippen LogP contribution in [0.4, 0.5) is 0 Å². The van der Waals surface area contributed by atoms with Crippen LogP contribution in [0.1, 0.15) is 29.3 Å². The van der Waals surface area contributed by atoms with Crippen LogP contribution in [0, 0.1) is 6.92 Å². The van der Waals surface area contributed by atoms with E-state index in [1.807, 2.05) is 85.1 Å². The second kappa shape index (κ2) is 10.0. The average molecular weight is 481 g/mol. The molecule has 0 aliphatic carbocycles. The highest BCUT2D eigenvalue weighted by molar-refractivity contribution is 7.17. The van der Waals surface area contributed by atoms with Crippen LogP contribution in [0.2, 0.25) is 0 Å². The number of hydrogen-bond donors (Lipinski definition) is 1. The summed E-state index contributed by atoms with van der Waals surface area (Å²) in [6.45, 7) is 2.27. The van der Waals surface area contributed by atoms with Gasteiger partial charge in [0, 0.05) is 30.1 Å². The number of hydrogen-bond acceptors (Lipinski definition) is 5. The van der Waals surface area contributed by atoms with Gasteiger partial charge in [0.25, 0.3) is 5.56 Å². The summed E-state index contributed by atoms with van der Waals surface area (Å²) in [7, 11) is 0. The molecule has 6 nitrogen and oxygen atoms in total. The van der Waals surface area contributed by atoms with Crippen molar-refractivity contribution in [2.24, 2.45) is 0 Å². The molecular weight excluding hydrogens is 456 g/mol. The minimum absolute atomic E-state index is 0.135. The maximum atomic E-state index is 13.3. The first-order valence-electron chi connectivity index (χ1n) is 11.4. The van der Waals surface area contributed by atoms with E-state index in [1.54, 1.807) is 6.20 Å². The summed E-state index contributed by atoms with van der Waals surface area (Å²) < 4.78 is 1.52. The van der Waals surface area contributed by atoms with E-state index in [9.17, 15) is 9.59 Å². The first-order valence-corrected chi connectivity index (χ1v) is 12.3. The molecule has 5 aromatic rings. The summed E-state index contributed by atoms with van der Waals surface area (Å²) in [4.78, 5) is 35.9. The number of carbonyl (C=O) groups excluding carboxylic acids is 1. The molecule has 1 amide bonds. The predicted molar refractivity (Wildman–Crippen MR) is 139 cm³/mol. The van der Waals surface area contributed by atoms with Gasteiger partial charge in [0.1, 0.15) is 4.83 Å². The molecule has 0 aliphatic heterocycles. The lowest BCUT2D eigenvalue weighted by Gasteiger charge is -2.19. The maximum Gasteiger partial charge on any atom is 0.262 e. The van der Waals surface area contributed by atoms with Gasteiger partial charge >= 0.3 is 0 Å². The van der Waals surface area contributed by atoms with Crippen molar-refractivity contribution in [2.75, 3.05) is 0 Å². The third-order valence-electron chi connectivity index (χ3n) is 5.92. The Morgan fingerprint density at radius 1 is 1.00 bits per heavy atom. The highest BCUT2D eigenvalue weighted by Gasteiger charge is 2.19. The monoisotopic (exact) mass is 480 g/mol. The molecular formula is C28H24N4O2S. The molecule has 0 saturated carbocycles. The number of aromatic nitrogens is 3. The van der Waals surface area contributed by atoms with Crippen LogP contribution in [-0.2, 0) is 11.3 Å². The number of thiophene rings is 1. The van der Waals surface area contributed by atoms with Gasteiger partial charge in [-0.25, -0.2) is 4.98 Å². The number of pyridine rings is 1. The SMILES string of the molecule is Cc1ccc(-c2csc3ncn(CCC(=O)NC(c4ccccc4)c4ccccn4)c(=O)c23)cc1. The van der Waals surface area contributed by atoms with E-state index in [-0.39, 0.29) is 30.5 Å². The molecule has 0 spiro atoms. The third-order valence-corrected chi connectivity index (χ3v) is 6.81. The van der Waals surface area contributed by atoms with Crippen LogP contribution in [-0.4, -0.2) is 20.4 Å². The zero-order chi connectivity index (χ0) is 24.2. The van der Waals surface area contributed by atoms with Crippen molar-refractivity contribution in [2.45, 2.75) is 25.9 Å². The Balaban J connectivity index is 1.36. The fourth-order valence-corrected chi connectivity index (χ4v) is 4.95. The topological polar surface area (TPSA) is 76.9 Å². The van der Waals surface area contributed by atoms with E-state index in [4.69, 9.17) is 0 Å². The summed E-state index contributed by atoms with van der Waals surface area (Å²) >= 11 is 1.45. The first kappa shape index (κ1) is 22.7. The molecule has 0 radical (unpaired) electrons. The van der Waals surface area contributed by atoms with Gasteiger partial charge in [0.2, 0.25) is 5.91 Å². The molecule has 35 heavy (non-hydrogen) atoms. The fraction of sp³-hybridized carbons (Fsp3) is 0.143. The van der Waals surface area contributed by atoms with E-state index in [2.05, 4.69) is 15.3 Å². The van der Waals surface area contributed by atoms with E-state index in [0.717, 1.165) is 27.9 Å². The van der Waals surface area contributed by atoms with Crippen LogP contribution in [0.3, 0.4) is 0 Å². The number of nitrogens with zero attached hydrogens (tertiary/aromatic N) is 3. The number of carbonyl (C=O) groups is 1. The molecule has 0 fully saturated rings. The predicted octanol–water partition coefficient (Wildman–Crippen LogP) is 5.12. The molecule has 3 heterocycles. The molecule has 2 aromatic carbocycles. The number of aryl methyl sites for hydroxylation is 2. The van der Waals surface area contributed by atoms with Gasteiger partial charge in [-0.3, -0.25) is 19.1 Å². The van der Waals surface area contributed by atoms with Gasteiger partial charge in [0.05, 0.1) is 23.4 Å². The van der Waals surface area contributed by atoms with Crippen LogP contribution >= 0.6 is 11.3 Å². The number of nitrogens with one attached hydrogen (secondary N) is 1. The Morgan fingerprint density at radius 3 is 2.51 bits per heavy atom. The Labute approximate surface area is 206 Å². The summed E-state index contributed by atoms with van der Waals surface area (Å²) in [5.41, 5.74) is 4.59. The molecule has 5 rings (SSSR count). The average Bonchev–Trinajstić information content (AvgIpc) is 3.33. The van der Waals surface area contributed by atoms with Crippen molar-refractivity contribution in [1.29, 1.82) is 0 Å². The molecule has 0 saturated heterocycles. The van der Waals surface area contributed by atoms with E-state index in [0.29, 0.717) is 10.2 Å². The number of fused-ring (bicyclic) bond motifs is 1. The molecule has 1 N–H and O–H groups in total. The number of amides is 1. The van der Waals surface area contributed by atoms with Crippen molar-refractivity contribution in [1.82, 2.24) is 19.9 Å². The van der Waals surface area contributed by atoms with Crippen molar-refractivity contribution in [3.63, 3.8) is 0 Å². The van der Waals surface area contributed by atoms with Gasteiger partial charge in [-0.15, -0.1) is 11.3 Å². The smallest absolute Gasteiger partial charge is 0.262 e. The second-order valence-corrected chi connectivity index (χ2v) is 9.21. The van der Waals surface area contributed by atoms with Gasteiger partial charge in [0.15, 0.2) is 0 Å². The molecule has 174 valence electrons. The summed E-state index contributed by atoms with van der Waals surface area (Å²) in [5, 5.41) is 5.64. The molecule has 7 heteroatoms. The fourth-order valence-electron chi connectivity index (χ4n) is 4.05. The minimum atomic E-state index is -0.368. The lowest BCUT2D eigenvalue weighted by Crippen LogP contribution is -2.31. The Kier molecular flexibility index (Phi) is 6.50. The maximum absolute atomic E-state index is 13.3. The molecule has 3 aromatic heterocycles. The Bertz CT molecular complexity index is 1470. The van der Waals surface area contributed by atoms with Gasteiger partial charge in [-0.1, -0.05) is 66.2 Å². The van der Waals surface area contributed by atoms with Crippen LogP contribution in [0.5, 0.6) is 0 Å². The largest absolute Gasteiger partial charge is 0.344 e. The van der Waals surface area contributed by atoms with Gasteiger partial charge < -0.3 is 5.32 Å². The van der Waals surface area contributed by atoms with E-state index >= 15 is 0 Å². The summed E-state index contributed by atoms with van der Waals surface area (Å²) in [5.74, 6) is -0.166. The Morgan fingerprint density at radius 2 is 1.77 bits per heavy atom. The van der Waals surface area contributed by atoms with Crippen molar-refractivity contribution >= 4 is 27.5 Å². The lowest BCUT2D eigenvalue weighted by atomic mass is 10.0. The van der Waals surface area contributed by atoms with Crippen LogP contribution < -0.4 is 10.9 Å². The highest BCUT2D eigenvalue weighted by Crippen LogP contribution is 2.30. The standard InChI is InChI=1S/C28H24N4O2S/c1-19-10-12-20(13-11-19)22-17-35-27-25(22)28(34)32(18-30-27)16-14-24(33)31-26(21-7-3-2-4-8-21)23-9-5-6-15-29-23/h2-13,15,17-18,26H,14,16H2,1H3,(H,31,33). The van der Waals surface area contributed by atoms with E-state index in [1.165, 1.54) is 22.2 Å². The van der Waals surface area contributed by atoms with Crippen molar-refractivity contribution in [3.05, 3.63) is 118 Å². The zero-order valence-corrected chi connectivity index (χ0v) is 20.0. The number of rotatable bonds is 7. The summed E-state index contributed by atoms with van der Waals surface area (Å²) in [6.07, 6.45) is 3.39. The third kappa shape index (κ3) is 4.90. The molecule has 1 atom stereocenters. The van der Waals surface area contributed by atoms with E-state index < -0.39 is 0 Å². The second-order valence-electron chi connectivity index (χ2n) is 8.35. The van der Waals surface area contributed by atoms with Gasteiger partial charge in [-0.05, 0) is 30.2 Å². The van der Waals surface area contributed by atoms with Crippen LogP contribution in [0.25, 0.3) is 21.3 Å². The highest BCUT2D eigenvalue weighted by atomic mass is 32.1. The van der Waals surface area contributed by atoms with Gasteiger partial charge in [-0.2, -0.15) is 0 Å². The molecule has 0 aliphatic rings. The summed E-state index contributed by atoms with van der Waals surface area (Å²) in [6, 6.07) is 23.1. The van der Waals surface area contributed by atoms with Crippen molar-refractivity contribution in [3.8, 4) is 11.1 Å². The zero-order valence-electron chi connectivity index (χ0n) is 19.2. The Hall–Kier alpha value is -4.10. The quantitative estimate of drug-likeness (QED) is 0.351. The molecule has 1 unspecified atom stereocenters. The minimum Gasteiger partial charge on any atom is -0.344 e. The normalized spacial score (nSPS) is 11.9. The lowest BCUT2D eigenvalue weighted by molar-refractivity contribution is -0.121. The van der Waals surface area contributed by atoms with Crippen LogP contribution in [0.15, 0.2) is 95.5 Å². The molecule has 0 bridgehead atoms. The first-order chi connectivity index (χ1) is 17.1.